The first-order valence-corrected chi connectivity index (χ1v) is 6.89. The topological polar surface area (TPSA) is 41.5 Å². The second-order valence-electron chi connectivity index (χ2n) is 4.62. The van der Waals surface area contributed by atoms with Crippen LogP contribution in [0.3, 0.4) is 0 Å². The molecule has 0 bridgehead atoms. The molecule has 1 atom stereocenters. The zero-order valence-electron chi connectivity index (χ0n) is 11.3. The lowest BCUT2D eigenvalue weighted by molar-refractivity contribution is 0.117. The predicted molar refractivity (Wildman–Crippen MR) is 82.6 cm³/mol. The molecule has 0 aromatic heterocycles. The van der Waals surface area contributed by atoms with Gasteiger partial charge in [-0.15, -0.1) is 0 Å². The van der Waals surface area contributed by atoms with E-state index >= 15 is 0 Å². The number of aliphatic hydroxyl groups excluding tert-OH is 1. The van der Waals surface area contributed by atoms with Crippen molar-refractivity contribution in [2.45, 2.75) is 13.0 Å². The van der Waals surface area contributed by atoms with Crippen LogP contribution in [0.25, 0.3) is 0 Å². The van der Waals surface area contributed by atoms with Gasteiger partial charge in [-0.1, -0.05) is 35.9 Å². The van der Waals surface area contributed by atoms with Gasteiger partial charge in [0.05, 0.1) is 0 Å². The summed E-state index contributed by atoms with van der Waals surface area (Å²) in [6.45, 7) is 2.61. The normalized spacial score (nSPS) is 11.9. The highest BCUT2D eigenvalue weighted by Crippen LogP contribution is 2.19. The van der Waals surface area contributed by atoms with E-state index < -0.39 is 6.10 Å². The monoisotopic (exact) mass is 291 g/mol. The molecule has 0 heterocycles. The molecule has 0 spiro atoms. The number of rotatable bonds is 6. The molecule has 1 unspecified atom stereocenters. The van der Waals surface area contributed by atoms with Crippen LogP contribution in [0, 0.1) is 6.92 Å². The van der Waals surface area contributed by atoms with Crippen molar-refractivity contribution in [1.29, 1.82) is 0 Å². The zero-order valence-corrected chi connectivity index (χ0v) is 12.1. The maximum absolute atomic E-state index is 9.88. The SMILES string of the molecule is Cc1ccc(NCC(O)COc2ccccc2)cc1Cl. The van der Waals surface area contributed by atoms with E-state index in [1.807, 2.05) is 55.5 Å². The Morgan fingerprint density at radius 2 is 1.95 bits per heavy atom. The van der Waals surface area contributed by atoms with Gasteiger partial charge in [0, 0.05) is 17.3 Å². The van der Waals surface area contributed by atoms with Gasteiger partial charge in [-0.25, -0.2) is 0 Å². The van der Waals surface area contributed by atoms with E-state index in [0.717, 1.165) is 17.0 Å². The van der Waals surface area contributed by atoms with Gasteiger partial charge in [-0.2, -0.15) is 0 Å². The largest absolute Gasteiger partial charge is 0.491 e. The van der Waals surface area contributed by atoms with Gasteiger partial charge in [0.25, 0.3) is 0 Å². The molecule has 2 aromatic rings. The van der Waals surface area contributed by atoms with Crippen LogP contribution in [-0.4, -0.2) is 24.4 Å². The summed E-state index contributed by atoms with van der Waals surface area (Å²) in [4.78, 5) is 0. The Morgan fingerprint density at radius 3 is 2.65 bits per heavy atom. The van der Waals surface area contributed by atoms with Gasteiger partial charge in [-0.05, 0) is 36.8 Å². The number of nitrogens with one attached hydrogen (secondary N) is 1. The number of aryl methyl sites for hydroxylation is 1. The van der Waals surface area contributed by atoms with Crippen molar-refractivity contribution in [3.8, 4) is 5.75 Å². The summed E-state index contributed by atoms with van der Waals surface area (Å²) in [5.41, 5.74) is 1.92. The van der Waals surface area contributed by atoms with E-state index in [-0.39, 0.29) is 6.61 Å². The summed E-state index contributed by atoms with van der Waals surface area (Å²) in [5.74, 6) is 0.755. The van der Waals surface area contributed by atoms with Crippen LogP contribution in [-0.2, 0) is 0 Å². The standard InChI is InChI=1S/C16H18ClNO2/c1-12-7-8-13(9-16(12)17)18-10-14(19)11-20-15-5-3-2-4-6-15/h2-9,14,18-19H,10-11H2,1H3. The highest BCUT2D eigenvalue weighted by molar-refractivity contribution is 6.31. The molecular weight excluding hydrogens is 274 g/mol. The zero-order chi connectivity index (χ0) is 14.4. The summed E-state index contributed by atoms with van der Waals surface area (Å²) >= 11 is 6.04. The Labute approximate surface area is 124 Å². The van der Waals surface area contributed by atoms with Gasteiger partial charge in [0.1, 0.15) is 18.5 Å². The smallest absolute Gasteiger partial charge is 0.119 e. The fourth-order valence-corrected chi connectivity index (χ4v) is 1.89. The van der Waals surface area contributed by atoms with Crippen molar-refractivity contribution in [2.24, 2.45) is 0 Å². The molecule has 2 N–H and O–H groups in total. The molecule has 4 heteroatoms. The Balaban J connectivity index is 1.77. The van der Waals surface area contributed by atoms with E-state index in [0.29, 0.717) is 11.6 Å². The molecule has 0 fully saturated rings. The van der Waals surface area contributed by atoms with Crippen LogP contribution in [0.2, 0.25) is 5.02 Å². The molecule has 106 valence electrons. The third-order valence-corrected chi connectivity index (χ3v) is 3.31. The van der Waals surface area contributed by atoms with Crippen LogP contribution in [0.5, 0.6) is 5.75 Å². The van der Waals surface area contributed by atoms with Gasteiger partial charge in [0.15, 0.2) is 0 Å². The fourth-order valence-electron chi connectivity index (χ4n) is 1.71. The number of hydrogen-bond acceptors (Lipinski definition) is 3. The maximum atomic E-state index is 9.88. The molecule has 3 nitrogen and oxygen atoms in total. The average molecular weight is 292 g/mol. The van der Waals surface area contributed by atoms with Gasteiger partial charge in [0.2, 0.25) is 0 Å². The van der Waals surface area contributed by atoms with E-state index in [1.54, 1.807) is 0 Å². The van der Waals surface area contributed by atoms with Crippen LogP contribution in [0.4, 0.5) is 5.69 Å². The van der Waals surface area contributed by atoms with Gasteiger partial charge in [-0.3, -0.25) is 0 Å². The second-order valence-corrected chi connectivity index (χ2v) is 5.03. The van der Waals surface area contributed by atoms with Gasteiger partial charge < -0.3 is 15.2 Å². The highest BCUT2D eigenvalue weighted by atomic mass is 35.5. The number of para-hydroxylation sites is 1. The molecule has 0 saturated carbocycles. The number of hydrogen-bond donors (Lipinski definition) is 2. The summed E-state index contributed by atoms with van der Waals surface area (Å²) in [5, 5.41) is 13.7. The summed E-state index contributed by atoms with van der Waals surface area (Å²) in [7, 11) is 0. The van der Waals surface area contributed by atoms with Crippen molar-refractivity contribution in [2.75, 3.05) is 18.5 Å². The molecule has 0 aliphatic rings. The molecular formula is C16H18ClNO2. The van der Waals surface area contributed by atoms with E-state index in [4.69, 9.17) is 16.3 Å². The van der Waals surface area contributed by atoms with Gasteiger partial charge >= 0.3 is 0 Å². The molecule has 20 heavy (non-hydrogen) atoms. The average Bonchev–Trinajstić information content (AvgIpc) is 2.47. The maximum Gasteiger partial charge on any atom is 0.119 e. The third kappa shape index (κ3) is 4.44. The quantitative estimate of drug-likeness (QED) is 0.856. The van der Waals surface area contributed by atoms with E-state index in [1.165, 1.54) is 0 Å². The van der Waals surface area contributed by atoms with Crippen molar-refractivity contribution in [1.82, 2.24) is 0 Å². The Morgan fingerprint density at radius 1 is 1.20 bits per heavy atom. The number of anilines is 1. The lowest BCUT2D eigenvalue weighted by Crippen LogP contribution is -2.26. The van der Waals surface area contributed by atoms with E-state index in [2.05, 4.69) is 5.32 Å². The minimum Gasteiger partial charge on any atom is -0.491 e. The van der Waals surface area contributed by atoms with E-state index in [9.17, 15) is 5.11 Å². The number of ether oxygens (including phenoxy) is 1. The highest BCUT2D eigenvalue weighted by Gasteiger charge is 2.05. The van der Waals surface area contributed by atoms with Crippen molar-refractivity contribution >= 4 is 17.3 Å². The van der Waals surface area contributed by atoms with Crippen molar-refractivity contribution in [3.05, 3.63) is 59.1 Å². The molecule has 0 aliphatic heterocycles. The lowest BCUT2D eigenvalue weighted by atomic mass is 10.2. The van der Waals surface area contributed by atoms with Crippen molar-refractivity contribution < 1.29 is 9.84 Å². The Bertz CT molecular complexity index is 545. The molecule has 0 saturated heterocycles. The number of aliphatic hydroxyl groups is 1. The Hall–Kier alpha value is -1.71. The summed E-state index contributed by atoms with van der Waals surface area (Å²) < 4.78 is 5.48. The molecule has 0 amide bonds. The first kappa shape index (κ1) is 14.7. The van der Waals surface area contributed by atoms with Crippen LogP contribution >= 0.6 is 11.6 Å². The molecule has 2 rings (SSSR count). The second kappa shape index (κ2) is 7.17. The van der Waals surface area contributed by atoms with Crippen molar-refractivity contribution in [3.63, 3.8) is 0 Å². The third-order valence-electron chi connectivity index (χ3n) is 2.90. The lowest BCUT2D eigenvalue weighted by Gasteiger charge is -2.14. The minimum absolute atomic E-state index is 0.247. The Kier molecular flexibility index (Phi) is 5.27. The van der Waals surface area contributed by atoms with Crippen LogP contribution in [0.15, 0.2) is 48.5 Å². The number of benzene rings is 2. The molecule has 0 aliphatic carbocycles. The molecule has 0 radical (unpaired) electrons. The van der Waals surface area contributed by atoms with Crippen LogP contribution < -0.4 is 10.1 Å². The number of halogens is 1. The first-order chi connectivity index (χ1) is 9.65. The summed E-state index contributed by atoms with van der Waals surface area (Å²) in [6.07, 6.45) is -0.588. The molecule has 2 aromatic carbocycles. The minimum atomic E-state index is -0.588. The fraction of sp³-hybridized carbons (Fsp3) is 0.250. The summed E-state index contributed by atoms with van der Waals surface area (Å²) in [6, 6.07) is 15.2. The van der Waals surface area contributed by atoms with Crippen LogP contribution in [0.1, 0.15) is 5.56 Å². The predicted octanol–water partition coefficient (Wildman–Crippen LogP) is 3.50. The first-order valence-electron chi connectivity index (χ1n) is 6.51.